The maximum absolute atomic E-state index is 11.9. The average Bonchev–Trinajstić information content (AvgIpc) is 2.77. The lowest BCUT2D eigenvalue weighted by atomic mass is 10.1. The van der Waals surface area contributed by atoms with Gasteiger partial charge in [-0.1, -0.05) is 30.3 Å². The van der Waals surface area contributed by atoms with Crippen LogP contribution in [0.5, 0.6) is 0 Å². The number of halogens is 2. The zero-order chi connectivity index (χ0) is 15.2. The zero-order valence-corrected chi connectivity index (χ0v) is 15.5. The van der Waals surface area contributed by atoms with Gasteiger partial charge in [-0.05, 0) is 32.3 Å². The molecule has 3 unspecified atom stereocenters. The van der Waals surface area contributed by atoms with Crippen LogP contribution in [0.15, 0.2) is 30.3 Å². The van der Waals surface area contributed by atoms with E-state index in [1.165, 1.54) is 5.56 Å². The third kappa shape index (κ3) is 7.53. The lowest BCUT2D eigenvalue weighted by molar-refractivity contribution is -0.121. The van der Waals surface area contributed by atoms with E-state index in [0.29, 0.717) is 12.5 Å². The van der Waals surface area contributed by atoms with Crippen molar-refractivity contribution in [3.63, 3.8) is 0 Å². The Morgan fingerprint density at radius 1 is 1.35 bits per heavy atom. The minimum Gasteiger partial charge on any atom is -0.352 e. The first-order valence-electron chi connectivity index (χ1n) is 7.87. The highest BCUT2D eigenvalue weighted by Gasteiger charge is 2.29. The van der Waals surface area contributed by atoms with Crippen LogP contribution in [0.4, 0.5) is 0 Å². The number of carbonyl (C=O) groups excluding carboxylic acids is 1. The van der Waals surface area contributed by atoms with Gasteiger partial charge in [-0.3, -0.25) is 9.69 Å². The molecular formula is C17H29Cl2N3O. The van der Waals surface area contributed by atoms with Crippen LogP contribution in [0, 0.1) is 0 Å². The van der Waals surface area contributed by atoms with Crippen LogP contribution in [0.25, 0.3) is 0 Å². The summed E-state index contributed by atoms with van der Waals surface area (Å²) in [4.78, 5) is 14.3. The number of benzene rings is 1. The van der Waals surface area contributed by atoms with Crippen LogP contribution in [-0.4, -0.2) is 35.5 Å². The molecule has 0 aliphatic carbocycles. The monoisotopic (exact) mass is 361 g/mol. The molecule has 1 aliphatic heterocycles. The molecule has 2 rings (SSSR count). The van der Waals surface area contributed by atoms with Gasteiger partial charge >= 0.3 is 0 Å². The molecular weight excluding hydrogens is 333 g/mol. The molecule has 23 heavy (non-hydrogen) atoms. The second-order valence-corrected chi connectivity index (χ2v) is 6.28. The molecule has 1 aliphatic rings. The number of rotatable bonds is 6. The summed E-state index contributed by atoms with van der Waals surface area (Å²) < 4.78 is 0. The van der Waals surface area contributed by atoms with Crippen LogP contribution in [0.3, 0.4) is 0 Å². The van der Waals surface area contributed by atoms with Gasteiger partial charge in [0.2, 0.25) is 5.91 Å². The Kier molecular flexibility index (Phi) is 10.5. The van der Waals surface area contributed by atoms with Crippen molar-refractivity contribution >= 4 is 30.7 Å². The topological polar surface area (TPSA) is 58.4 Å². The molecule has 0 bridgehead atoms. The van der Waals surface area contributed by atoms with E-state index < -0.39 is 0 Å². The summed E-state index contributed by atoms with van der Waals surface area (Å²) in [6.07, 6.45) is 2.31. The Hall–Kier alpha value is -0.810. The summed E-state index contributed by atoms with van der Waals surface area (Å²) in [6.45, 7) is 6.05. The minimum atomic E-state index is 0. The first kappa shape index (κ1) is 22.2. The fraction of sp³-hybridized carbons (Fsp3) is 0.588. The van der Waals surface area contributed by atoms with Gasteiger partial charge in [0.15, 0.2) is 0 Å². The van der Waals surface area contributed by atoms with Gasteiger partial charge in [-0.2, -0.15) is 0 Å². The Morgan fingerprint density at radius 2 is 2.00 bits per heavy atom. The molecule has 1 aromatic carbocycles. The van der Waals surface area contributed by atoms with E-state index in [1.807, 2.05) is 13.0 Å². The molecule has 0 radical (unpaired) electrons. The van der Waals surface area contributed by atoms with Gasteiger partial charge in [-0.15, -0.1) is 24.8 Å². The summed E-state index contributed by atoms with van der Waals surface area (Å²) in [5.41, 5.74) is 7.02. The standard InChI is InChI=1S/C17H27N3O.2ClH/c1-13(18)8-9-17(21)19-16-10-14(2)20(12-16)11-15-6-4-3-5-7-15;;/h3-7,13-14,16H,8-12,18H2,1-2H3,(H,19,21);2*1H. The highest BCUT2D eigenvalue weighted by atomic mass is 35.5. The second-order valence-electron chi connectivity index (χ2n) is 6.28. The van der Waals surface area contributed by atoms with Gasteiger partial charge in [0.25, 0.3) is 0 Å². The normalized spacial score (nSPS) is 21.9. The highest BCUT2D eigenvalue weighted by Crippen LogP contribution is 2.20. The van der Waals surface area contributed by atoms with Crippen molar-refractivity contribution in [1.29, 1.82) is 0 Å². The summed E-state index contributed by atoms with van der Waals surface area (Å²) in [5.74, 6) is 0.131. The smallest absolute Gasteiger partial charge is 0.220 e. The predicted octanol–water partition coefficient (Wildman–Crippen LogP) is 2.74. The largest absolute Gasteiger partial charge is 0.352 e. The molecule has 0 aromatic heterocycles. The van der Waals surface area contributed by atoms with Gasteiger partial charge in [0, 0.05) is 37.6 Å². The zero-order valence-electron chi connectivity index (χ0n) is 13.9. The average molecular weight is 362 g/mol. The van der Waals surface area contributed by atoms with Crippen molar-refractivity contribution in [2.24, 2.45) is 5.73 Å². The minimum absolute atomic E-state index is 0. The Balaban J connectivity index is 0.00000242. The molecule has 1 aromatic rings. The molecule has 6 heteroatoms. The first-order chi connectivity index (χ1) is 10.0. The summed E-state index contributed by atoms with van der Waals surface area (Å²) >= 11 is 0. The molecule has 0 saturated carbocycles. The number of hydrogen-bond acceptors (Lipinski definition) is 3. The molecule has 3 N–H and O–H groups in total. The lowest BCUT2D eigenvalue weighted by Gasteiger charge is -2.20. The predicted molar refractivity (Wildman–Crippen MR) is 100 cm³/mol. The van der Waals surface area contributed by atoms with Crippen LogP contribution in [0.1, 0.15) is 38.7 Å². The van der Waals surface area contributed by atoms with E-state index in [2.05, 4.69) is 41.4 Å². The first-order valence-corrected chi connectivity index (χ1v) is 7.87. The molecule has 0 spiro atoms. The van der Waals surface area contributed by atoms with Gasteiger partial charge in [-0.25, -0.2) is 0 Å². The van der Waals surface area contributed by atoms with Crippen LogP contribution in [0.2, 0.25) is 0 Å². The molecule has 1 heterocycles. The van der Waals surface area contributed by atoms with Crippen molar-refractivity contribution in [3.8, 4) is 0 Å². The van der Waals surface area contributed by atoms with Crippen LogP contribution < -0.4 is 11.1 Å². The van der Waals surface area contributed by atoms with E-state index in [4.69, 9.17) is 5.73 Å². The van der Waals surface area contributed by atoms with Crippen molar-refractivity contribution in [1.82, 2.24) is 10.2 Å². The van der Waals surface area contributed by atoms with Crippen LogP contribution in [-0.2, 0) is 11.3 Å². The van der Waals surface area contributed by atoms with E-state index in [9.17, 15) is 4.79 Å². The van der Waals surface area contributed by atoms with Crippen molar-refractivity contribution in [3.05, 3.63) is 35.9 Å². The second kappa shape index (κ2) is 10.9. The molecule has 132 valence electrons. The van der Waals surface area contributed by atoms with Crippen molar-refractivity contribution in [2.45, 2.75) is 57.8 Å². The maximum atomic E-state index is 11.9. The van der Waals surface area contributed by atoms with E-state index in [-0.39, 0.29) is 42.8 Å². The summed E-state index contributed by atoms with van der Waals surface area (Å²) in [5, 5.41) is 3.14. The summed E-state index contributed by atoms with van der Waals surface area (Å²) in [6, 6.07) is 11.4. The quantitative estimate of drug-likeness (QED) is 0.818. The fourth-order valence-corrected chi connectivity index (χ4v) is 2.90. The van der Waals surface area contributed by atoms with Gasteiger partial charge in [0.1, 0.15) is 0 Å². The lowest BCUT2D eigenvalue weighted by Crippen LogP contribution is -2.37. The number of nitrogens with zero attached hydrogens (tertiary/aromatic N) is 1. The molecule has 1 fully saturated rings. The third-order valence-corrected chi connectivity index (χ3v) is 4.12. The molecule has 4 nitrogen and oxygen atoms in total. The van der Waals surface area contributed by atoms with Crippen molar-refractivity contribution < 1.29 is 4.79 Å². The molecule has 1 saturated heterocycles. The molecule has 1 amide bonds. The van der Waals surface area contributed by atoms with E-state index in [1.54, 1.807) is 0 Å². The summed E-state index contributed by atoms with van der Waals surface area (Å²) in [7, 11) is 0. The SMILES string of the molecule is CC(N)CCC(=O)NC1CC(C)N(Cc2ccccc2)C1.Cl.Cl. The van der Waals surface area contributed by atoms with Crippen LogP contribution >= 0.6 is 24.8 Å². The number of nitrogens with two attached hydrogens (primary N) is 1. The Morgan fingerprint density at radius 3 is 2.61 bits per heavy atom. The maximum Gasteiger partial charge on any atom is 0.220 e. The number of hydrogen-bond donors (Lipinski definition) is 2. The number of carbonyl (C=O) groups is 1. The highest BCUT2D eigenvalue weighted by molar-refractivity contribution is 5.85. The van der Waals surface area contributed by atoms with E-state index >= 15 is 0 Å². The number of nitrogens with one attached hydrogen (secondary N) is 1. The van der Waals surface area contributed by atoms with E-state index in [0.717, 1.165) is 25.9 Å². The Labute approximate surface area is 152 Å². The van der Waals surface area contributed by atoms with Gasteiger partial charge in [0.05, 0.1) is 0 Å². The third-order valence-electron chi connectivity index (χ3n) is 4.12. The number of amides is 1. The Bertz CT molecular complexity index is 456. The molecule has 3 atom stereocenters. The van der Waals surface area contributed by atoms with Gasteiger partial charge < -0.3 is 11.1 Å². The van der Waals surface area contributed by atoms with Crippen molar-refractivity contribution in [2.75, 3.05) is 6.54 Å². The fourth-order valence-electron chi connectivity index (χ4n) is 2.90. The number of likely N-dealkylation sites (tertiary alicyclic amines) is 1.